The third kappa shape index (κ3) is 6.16. The second-order valence-corrected chi connectivity index (χ2v) is 8.23. The number of rotatable bonds is 9. The van der Waals surface area contributed by atoms with Gasteiger partial charge in [0.05, 0.1) is 17.2 Å². The number of carbonyl (C=O) groups is 2. The number of thioether (sulfide) groups is 1. The zero-order valence-corrected chi connectivity index (χ0v) is 19.3. The highest BCUT2D eigenvalue weighted by Crippen LogP contribution is 2.20. The minimum atomic E-state index is -0.551. The lowest BCUT2D eigenvalue weighted by Gasteiger charge is -2.10. The van der Waals surface area contributed by atoms with Crippen molar-refractivity contribution in [3.63, 3.8) is 0 Å². The Kier molecular flexibility index (Phi) is 7.78. The summed E-state index contributed by atoms with van der Waals surface area (Å²) in [5.41, 5.74) is 2.85. The van der Waals surface area contributed by atoms with Gasteiger partial charge in [-0.15, -0.1) is 10.2 Å². The first-order chi connectivity index (χ1) is 15.8. The van der Waals surface area contributed by atoms with E-state index in [1.54, 1.807) is 0 Å². The average molecular weight is 469 g/mol. The Morgan fingerprint density at radius 3 is 2.67 bits per heavy atom. The molecular weight excluding hydrogens is 444 g/mol. The van der Waals surface area contributed by atoms with E-state index in [4.69, 9.17) is 0 Å². The van der Waals surface area contributed by atoms with E-state index >= 15 is 0 Å². The van der Waals surface area contributed by atoms with Crippen LogP contribution in [0.15, 0.2) is 47.6 Å². The average Bonchev–Trinajstić information content (AvgIpc) is 3.20. The van der Waals surface area contributed by atoms with Gasteiger partial charge < -0.3 is 15.2 Å². The van der Waals surface area contributed by atoms with Gasteiger partial charge in [-0.1, -0.05) is 30.0 Å². The highest BCUT2D eigenvalue weighted by Gasteiger charge is 2.16. The molecule has 0 bridgehead atoms. The topological polar surface area (TPSA) is 132 Å². The van der Waals surface area contributed by atoms with Gasteiger partial charge >= 0.3 is 0 Å². The summed E-state index contributed by atoms with van der Waals surface area (Å²) in [7, 11) is 0. The molecule has 33 heavy (non-hydrogen) atoms. The van der Waals surface area contributed by atoms with Gasteiger partial charge in [-0.2, -0.15) is 0 Å². The standard InChI is InChI=1S/C22H24N6O4S/c1-4-27-19(12-23-21(30)16-6-5-7-17(11-16)28(31)32)25-26-22(27)33-13-20(29)24-18-10-14(2)8-9-15(18)3/h5-11H,4,12-13H2,1-3H3,(H,23,30)(H,24,29). The number of aromatic nitrogens is 3. The first-order valence-electron chi connectivity index (χ1n) is 10.2. The van der Waals surface area contributed by atoms with E-state index < -0.39 is 10.8 Å². The van der Waals surface area contributed by atoms with Crippen molar-refractivity contribution < 1.29 is 14.5 Å². The van der Waals surface area contributed by atoms with E-state index in [2.05, 4.69) is 20.8 Å². The Bertz CT molecular complexity index is 1190. The summed E-state index contributed by atoms with van der Waals surface area (Å²) < 4.78 is 1.81. The summed E-state index contributed by atoms with van der Waals surface area (Å²) in [6, 6.07) is 11.4. The molecule has 3 aromatic rings. The van der Waals surface area contributed by atoms with Crippen LogP contribution in [-0.4, -0.2) is 37.3 Å². The third-order valence-electron chi connectivity index (χ3n) is 4.84. The van der Waals surface area contributed by atoms with Crippen molar-refractivity contribution in [3.05, 3.63) is 75.1 Å². The molecule has 3 rings (SSSR count). The van der Waals surface area contributed by atoms with Crippen LogP contribution in [0.4, 0.5) is 11.4 Å². The number of nitro groups is 1. The summed E-state index contributed by atoms with van der Waals surface area (Å²) in [6.45, 7) is 6.46. The van der Waals surface area contributed by atoms with E-state index in [9.17, 15) is 19.7 Å². The molecular formula is C22H24N6O4S. The van der Waals surface area contributed by atoms with E-state index in [0.717, 1.165) is 16.8 Å². The summed E-state index contributed by atoms with van der Waals surface area (Å²) in [4.78, 5) is 35.2. The zero-order chi connectivity index (χ0) is 24.0. The van der Waals surface area contributed by atoms with Crippen LogP contribution in [0.25, 0.3) is 0 Å². The number of benzene rings is 2. The molecule has 0 saturated heterocycles. The second-order valence-electron chi connectivity index (χ2n) is 7.29. The Balaban J connectivity index is 1.60. The van der Waals surface area contributed by atoms with Crippen molar-refractivity contribution >= 4 is 35.0 Å². The van der Waals surface area contributed by atoms with E-state index in [0.29, 0.717) is 17.5 Å². The SMILES string of the molecule is CCn1c(CNC(=O)c2cccc([N+](=O)[O-])c2)nnc1SCC(=O)Nc1cc(C)ccc1C. The maximum Gasteiger partial charge on any atom is 0.270 e. The lowest BCUT2D eigenvalue weighted by atomic mass is 10.1. The van der Waals surface area contributed by atoms with Crippen molar-refractivity contribution in [1.29, 1.82) is 0 Å². The van der Waals surface area contributed by atoms with Crippen LogP contribution in [0, 0.1) is 24.0 Å². The third-order valence-corrected chi connectivity index (χ3v) is 5.80. The molecule has 0 radical (unpaired) electrons. The number of hydrogen-bond donors (Lipinski definition) is 2. The van der Waals surface area contributed by atoms with Crippen molar-refractivity contribution in [1.82, 2.24) is 20.1 Å². The molecule has 1 aromatic heterocycles. The van der Waals surface area contributed by atoms with Crippen LogP contribution in [0.1, 0.15) is 34.2 Å². The highest BCUT2D eigenvalue weighted by atomic mass is 32.2. The van der Waals surface area contributed by atoms with Gasteiger partial charge in [-0.25, -0.2) is 0 Å². The number of hydrogen-bond acceptors (Lipinski definition) is 7. The molecule has 11 heteroatoms. The summed E-state index contributed by atoms with van der Waals surface area (Å²) >= 11 is 1.26. The summed E-state index contributed by atoms with van der Waals surface area (Å²) in [5, 5.41) is 25.4. The minimum Gasteiger partial charge on any atom is -0.345 e. The predicted octanol–water partition coefficient (Wildman–Crippen LogP) is 3.48. The van der Waals surface area contributed by atoms with Crippen LogP contribution in [0.3, 0.4) is 0 Å². The van der Waals surface area contributed by atoms with Crippen LogP contribution in [0.2, 0.25) is 0 Å². The van der Waals surface area contributed by atoms with Gasteiger partial charge in [0.2, 0.25) is 5.91 Å². The van der Waals surface area contributed by atoms with E-state index in [1.165, 1.54) is 36.0 Å². The summed E-state index contributed by atoms with van der Waals surface area (Å²) in [5.74, 6) is 0.0750. The molecule has 0 unspecified atom stereocenters. The monoisotopic (exact) mass is 468 g/mol. The fraction of sp³-hybridized carbons (Fsp3) is 0.273. The number of nitro benzene ring substituents is 1. The van der Waals surface area contributed by atoms with Gasteiger partial charge in [0.1, 0.15) is 0 Å². The molecule has 2 N–H and O–H groups in total. The number of nitrogens with zero attached hydrogens (tertiary/aromatic N) is 4. The number of amides is 2. The molecule has 0 aliphatic carbocycles. The summed E-state index contributed by atoms with van der Waals surface area (Å²) in [6.07, 6.45) is 0. The van der Waals surface area contributed by atoms with Gasteiger partial charge in [0.15, 0.2) is 11.0 Å². The molecule has 172 valence electrons. The molecule has 0 aliphatic heterocycles. The van der Waals surface area contributed by atoms with Crippen LogP contribution in [0.5, 0.6) is 0 Å². The molecule has 0 aliphatic rings. The van der Waals surface area contributed by atoms with Gasteiger partial charge in [-0.3, -0.25) is 19.7 Å². The smallest absolute Gasteiger partial charge is 0.270 e. The van der Waals surface area contributed by atoms with Gasteiger partial charge in [0.25, 0.3) is 11.6 Å². The number of carbonyl (C=O) groups excluding carboxylic acids is 2. The number of anilines is 1. The van der Waals surface area contributed by atoms with Gasteiger partial charge in [0, 0.05) is 29.9 Å². The number of aryl methyl sites for hydroxylation is 2. The normalized spacial score (nSPS) is 10.6. The fourth-order valence-electron chi connectivity index (χ4n) is 3.08. The maximum atomic E-state index is 12.4. The molecule has 0 atom stereocenters. The van der Waals surface area contributed by atoms with E-state index in [1.807, 2.05) is 43.5 Å². The van der Waals surface area contributed by atoms with E-state index in [-0.39, 0.29) is 29.5 Å². The first kappa shape index (κ1) is 23.9. The number of nitrogens with one attached hydrogen (secondary N) is 2. The molecule has 0 saturated carbocycles. The van der Waals surface area contributed by atoms with Crippen LogP contribution < -0.4 is 10.6 Å². The lowest BCUT2D eigenvalue weighted by molar-refractivity contribution is -0.384. The van der Waals surface area contributed by atoms with Crippen molar-refractivity contribution in [3.8, 4) is 0 Å². The molecule has 2 amide bonds. The Morgan fingerprint density at radius 1 is 1.15 bits per heavy atom. The Labute approximate surface area is 194 Å². The van der Waals surface area contributed by atoms with Crippen LogP contribution >= 0.6 is 11.8 Å². The Hall–Kier alpha value is -3.73. The fourth-order valence-corrected chi connectivity index (χ4v) is 3.90. The van der Waals surface area contributed by atoms with Crippen molar-refractivity contribution in [2.24, 2.45) is 0 Å². The van der Waals surface area contributed by atoms with Crippen molar-refractivity contribution in [2.45, 2.75) is 39.0 Å². The maximum absolute atomic E-state index is 12.4. The highest BCUT2D eigenvalue weighted by molar-refractivity contribution is 7.99. The first-order valence-corrected chi connectivity index (χ1v) is 11.2. The Morgan fingerprint density at radius 2 is 1.94 bits per heavy atom. The molecule has 2 aromatic carbocycles. The number of non-ortho nitro benzene ring substituents is 1. The molecule has 0 spiro atoms. The zero-order valence-electron chi connectivity index (χ0n) is 18.5. The molecule has 1 heterocycles. The quantitative estimate of drug-likeness (QED) is 0.279. The van der Waals surface area contributed by atoms with Gasteiger partial charge in [-0.05, 0) is 44.0 Å². The lowest BCUT2D eigenvalue weighted by Crippen LogP contribution is -2.25. The van der Waals surface area contributed by atoms with Crippen LogP contribution in [-0.2, 0) is 17.9 Å². The molecule has 0 fully saturated rings. The van der Waals surface area contributed by atoms with Crippen molar-refractivity contribution in [2.75, 3.05) is 11.1 Å². The molecule has 10 nitrogen and oxygen atoms in total. The second kappa shape index (κ2) is 10.7. The predicted molar refractivity (Wildman–Crippen MR) is 125 cm³/mol. The minimum absolute atomic E-state index is 0.0948. The largest absolute Gasteiger partial charge is 0.345 e.